The first-order valence-electron chi connectivity index (χ1n) is 9.14. The summed E-state index contributed by atoms with van der Waals surface area (Å²) in [6.45, 7) is 5.06. The third-order valence-electron chi connectivity index (χ3n) is 4.56. The molecule has 0 amide bonds. The van der Waals surface area contributed by atoms with E-state index in [0.717, 1.165) is 18.5 Å². The van der Waals surface area contributed by atoms with E-state index in [1.807, 2.05) is 30.3 Å². The van der Waals surface area contributed by atoms with Crippen LogP contribution in [0.5, 0.6) is 0 Å². The lowest BCUT2D eigenvalue weighted by atomic mass is 10.0. The van der Waals surface area contributed by atoms with Crippen LogP contribution in [0.15, 0.2) is 71.6 Å². The molecule has 0 spiro atoms. The molecule has 31 heavy (non-hydrogen) atoms. The molecule has 0 saturated heterocycles. The third kappa shape index (κ3) is 8.35. The van der Waals surface area contributed by atoms with Crippen LogP contribution < -0.4 is 28.3 Å². The van der Waals surface area contributed by atoms with Crippen LogP contribution in [0.25, 0.3) is 11.1 Å². The summed E-state index contributed by atoms with van der Waals surface area (Å²) in [7, 11) is -8.58. The highest BCUT2D eigenvalue weighted by molar-refractivity contribution is 7.89. The number of aryl methyl sites for hydroxylation is 3. The Morgan fingerprint density at radius 3 is 1.77 bits per heavy atom. The lowest BCUT2D eigenvalue weighted by Crippen LogP contribution is -2.68. The molecule has 0 saturated carbocycles. The smallest absolute Gasteiger partial charge is 0.225 e. The zero-order chi connectivity index (χ0) is 23.2. The van der Waals surface area contributed by atoms with Crippen LogP contribution in [0.3, 0.4) is 0 Å². The molecule has 1 heterocycles. The van der Waals surface area contributed by atoms with Crippen molar-refractivity contribution in [1.82, 2.24) is 0 Å². The van der Waals surface area contributed by atoms with Gasteiger partial charge in [0.05, 0.1) is 4.90 Å². The van der Waals surface area contributed by atoms with Gasteiger partial charge in [-0.1, -0.05) is 42.5 Å². The van der Waals surface area contributed by atoms with Gasteiger partial charge in [-0.25, -0.2) is 32.2 Å². The van der Waals surface area contributed by atoms with E-state index in [2.05, 4.69) is 42.7 Å². The monoisotopic (exact) mass is 466 g/mol. The van der Waals surface area contributed by atoms with Crippen LogP contribution >= 0.6 is 0 Å². The number of primary sulfonamides is 1. The summed E-state index contributed by atoms with van der Waals surface area (Å²) in [5.41, 5.74) is 5.91. The molecule has 2 aromatic carbocycles. The van der Waals surface area contributed by atoms with Crippen LogP contribution in [0.2, 0.25) is 0 Å². The van der Waals surface area contributed by atoms with Gasteiger partial charge >= 0.3 is 0 Å². The molecular weight excluding hydrogens is 444 g/mol. The number of hydrogen-bond donors (Lipinski definition) is 1. The number of sulfonamides is 1. The summed E-state index contributed by atoms with van der Waals surface area (Å²) in [4.78, 5) is 0.147. The molecular formula is C21H23ClN2O6S. The Balaban J connectivity index is 0.000000614. The normalized spacial score (nSPS) is 11.6. The Bertz CT molecular complexity index is 1090. The third-order valence-corrected chi connectivity index (χ3v) is 5.49. The van der Waals surface area contributed by atoms with Crippen molar-refractivity contribution in [3.8, 4) is 11.1 Å². The minimum atomic E-state index is -4.94. The largest absolute Gasteiger partial charge is 0.238 e. The number of pyridine rings is 1. The highest BCUT2D eigenvalue weighted by Crippen LogP contribution is 2.20. The minimum absolute atomic E-state index is 0.147. The van der Waals surface area contributed by atoms with Crippen molar-refractivity contribution in [2.24, 2.45) is 5.14 Å². The van der Waals surface area contributed by atoms with Gasteiger partial charge in [0.25, 0.3) is 0 Å². The van der Waals surface area contributed by atoms with E-state index < -0.39 is 20.3 Å². The van der Waals surface area contributed by atoms with Gasteiger partial charge in [-0.05, 0) is 28.8 Å². The molecule has 0 bridgehead atoms. The average molecular weight is 467 g/mol. The molecule has 0 aliphatic rings. The molecule has 3 rings (SSSR count). The minimum Gasteiger partial charge on any atom is -0.225 e. The molecule has 0 radical (unpaired) electrons. The highest BCUT2D eigenvalue weighted by Gasteiger charge is 2.14. The second kappa shape index (κ2) is 10.3. The fraction of sp³-hybridized carbons (Fsp3) is 0.190. The summed E-state index contributed by atoms with van der Waals surface area (Å²) >= 11 is 0. The van der Waals surface area contributed by atoms with E-state index in [0.29, 0.717) is 0 Å². The first kappa shape index (κ1) is 24.9. The van der Waals surface area contributed by atoms with Gasteiger partial charge in [-0.2, -0.15) is 4.57 Å². The van der Waals surface area contributed by atoms with Crippen molar-refractivity contribution in [2.45, 2.75) is 31.7 Å². The summed E-state index contributed by atoms with van der Waals surface area (Å²) in [6.07, 6.45) is 0.821. The molecule has 0 aliphatic carbocycles. The van der Waals surface area contributed by atoms with Crippen molar-refractivity contribution in [3.63, 3.8) is 0 Å². The zero-order valence-electron chi connectivity index (χ0n) is 17.0. The fourth-order valence-corrected chi connectivity index (χ4v) is 3.68. The average Bonchev–Trinajstić information content (AvgIpc) is 2.66. The summed E-state index contributed by atoms with van der Waals surface area (Å²) in [5, 5.41) is 5.14. The Kier molecular flexibility index (Phi) is 8.27. The molecule has 2 N–H and O–H groups in total. The van der Waals surface area contributed by atoms with Gasteiger partial charge < -0.3 is 0 Å². The molecule has 0 fully saturated rings. The molecule has 1 aromatic heterocycles. The number of aromatic nitrogens is 1. The lowest BCUT2D eigenvalue weighted by Gasteiger charge is -2.17. The first-order valence-corrected chi connectivity index (χ1v) is 11.9. The van der Waals surface area contributed by atoms with Gasteiger partial charge in [0, 0.05) is 32.4 Å². The fourth-order valence-electron chi connectivity index (χ4n) is 3.16. The highest BCUT2D eigenvalue weighted by atomic mass is 35.7. The van der Waals surface area contributed by atoms with E-state index in [1.165, 1.54) is 22.5 Å². The Hall–Kier alpha value is -2.37. The van der Waals surface area contributed by atoms with Gasteiger partial charge in [0.15, 0.2) is 17.9 Å². The number of benzene rings is 2. The second-order valence-corrected chi connectivity index (χ2v) is 9.18. The van der Waals surface area contributed by atoms with Crippen LogP contribution in [-0.4, -0.2) is 8.42 Å². The molecule has 0 atom stereocenters. The summed E-state index contributed by atoms with van der Waals surface area (Å²) in [6, 6.07) is 21.5. The Morgan fingerprint density at radius 2 is 1.32 bits per heavy atom. The predicted molar refractivity (Wildman–Crippen MR) is 103 cm³/mol. The molecule has 0 aliphatic heterocycles. The summed E-state index contributed by atoms with van der Waals surface area (Å²) < 4.78 is 58.9. The van der Waals surface area contributed by atoms with E-state index >= 15 is 0 Å². The second-order valence-electron chi connectivity index (χ2n) is 6.86. The van der Waals surface area contributed by atoms with Gasteiger partial charge in [0.1, 0.15) is 0 Å². The quantitative estimate of drug-likeness (QED) is 0.446. The van der Waals surface area contributed by atoms with Crippen LogP contribution in [0.1, 0.15) is 17.0 Å². The van der Waals surface area contributed by atoms with E-state index in [9.17, 15) is 8.42 Å². The van der Waals surface area contributed by atoms with Crippen molar-refractivity contribution < 1.29 is 41.9 Å². The number of nitrogens with zero attached hydrogens (tertiary/aromatic N) is 1. The van der Waals surface area contributed by atoms with Crippen molar-refractivity contribution in [2.75, 3.05) is 0 Å². The van der Waals surface area contributed by atoms with E-state index in [-0.39, 0.29) is 4.90 Å². The van der Waals surface area contributed by atoms with Crippen molar-refractivity contribution in [1.29, 1.82) is 0 Å². The predicted octanol–water partition coefficient (Wildman–Crippen LogP) is -1.61. The first-order chi connectivity index (χ1) is 14.3. The van der Waals surface area contributed by atoms with E-state index in [1.54, 1.807) is 12.1 Å². The van der Waals surface area contributed by atoms with Crippen LogP contribution in [0, 0.1) is 24.1 Å². The Morgan fingerprint density at radius 1 is 0.839 bits per heavy atom. The maximum absolute atomic E-state index is 11.3. The molecule has 8 nitrogen and oxygen atoms in total. The topological polar surface area (TPSA) is 156 Å². The molecule has 3 aromatic rings. The SMILES string of the molecule is Cc1cc(-c2ccccc2)cc(C)[n+]1CCc1ccc(S(N)(=O)=O)cc1.[O-][Cl+3]([O-])([O-])[O-]. The summed E-state index contributed by atoms with van der Waals surface area (Å²) in [5.74, 6) is 0. The molecule has 10 heteroatoms. The molecule has 0 unspecified atom stereocenters. The van der Waals surface area contributed by atoms with Crippen LogP contribution in [0.4, 0.5) is 0 Å². The van der Waals surface area contributed by atoms with Gasteiger partial charge in [-0.3, -0.25) is 0 Å². The maximum atomic E-state index is 11.3. The number of halogens is 1. The van der Waals surface area contributed by atoms with Gasteiger partial charge in [0.2, 0.25) is 10.0 Å². The van der Waals surface area contributed by atoms with Gasteiger partial charge in [-0.15, -0.1) is 10.2 Å². The van der Waals surface area contributed by atoms with Crippen molar-refractivity contribution in [3.05, 3.63) is 83.7 Å². The van der Waals surface area contributed by atoms with Crippen LogP contribution in [-0.2, 0) is 23.0 Å². The standard InChI is InChI=1S/C21H23N2O2S.ClHO4/c1-16-14-20(19-6-4-3-5-7-19)15-17(2)23(16)13-12-18-8-10-21(11-9-18)26(22,24)25;2-1(3,4)5/h3-11,14-15H,12-13H2,1-2H3,(H2,22,24,25);(H,2,3,4,5)/q+1;/p-1. The number of nitrogens with two attached hydrogens (primary N) is 1. The van der Waals surface area contributed by atoms with Crippen molar-refractivity contribution >= 4 is 10.0 Å². The zero-order valence-corrected chi connectivity index (χ0v) is 18.6. The number of hydrogen-bond acceptors (Lipinski definition) is 6. The van der Waals surface area contributed by atoms with E-state index in [4.69, 9.17) is 23.8 Å². The number of rotatable bonds is 5. The Labute approximate surface area is 183 Å². The maximum Gasteiger partial charge on any atom is 0.238 e. The lowest BCUT2D eigenvalue weighted by molar-refractivity contribution is -2.00. The molecule has 166 valence electrons.